The lowest BCUT2D eigenvalue weighted by Gasteiger charge is -2.13. The van der Waals surface area contributed by atoms with Crippen molar-refractivity contribution in [3.63, 3.8) is 0 Å². The molecule has 2 rings (SSSR count). The topological polar surface area (TPSA) is 71.1 Å². The largest absolute Gasteiger partial charge is 0.462 e. The van der Waals surface area contributed by atoms with Crippen LogP contribution in [0.2, 0.25) is 0 Å². The molecule has 6 nitrogen and oxygen atoms in total. The third-order valence-corrected chi connectivity index (χ3v) is 2.87. The quantitative estimate of drug-likeness (QED) is 0.774. The molecule has 1 aromatic rings. The smallest absolute Gasteiger partial charge is 0.338 e. The van der Waals surface area contributed by atoms with Gasteiger partial charge in [0.2, 0.25) is 0 Å². The molecule has 21 heavy (non-hydrogen) atoms. The highest BCUT2D eigenvalue weighted by molar-refractivity contribution is 5.95. The van der Waals surface area contributed by atoms with Gasteiger partial charge in [0.25, 0.3) is 0 Å². The molecule has 0 amide bonds. The van der Waals surface area contributed by atoms with E-state index in [1.54, 1.807) is 26.0 Å². The van der Waals surface area contributed by atoms with E-state index in [0.29, 0.717) is 18.8 Å². The maximum absolute atomic E-state index is 11.9. The van der Waals surface area contributed by atoms with E-state index >= 15 is 0 Å². The van der Waals surface area contributed by atoms with Crippen molar-refractivity contribution in [1.82, 2.24) is 0 Å². The molecule has 0 atom stereocenters. The van der Waals surface area contributed by atoms with Crippen LogP contribution in [0.15, 0.2) is 18.2 Å². The Balaban J connectivity index is 2.35. The van der Waals surface area contributed by atoms with Gasteiger partial charge in [0.1, 0.15) is 0 Å². The maximum Gasteiger partial charge on any atom is 0.338 e. The molecular weight excluding hydrogens is 276 g/mol. The number of carbonyl (C=O) groups is 2. The Bertz CT molecular complexity index is 483. The van der Waals surface area contributed by atoms with E-state index in [-0.39, 0.29) is 24.3 Å². The second-order valence-corrected chi connectivity index (χ2v) is 4.36. The van der Waals surface area contributed by atoms with E-state index in [2.05, 4.69) is 0 Å². The minimum Gasteiger partial charge on any atom is -0.462 e. The number of esters is 2. The molecule has 1 fully saturated rings. The van der Waals surface area contributed by atoms with Crippen molar-refractivity contribution in [1.29, 1.82) is 0 Å². The van der Waals surface area contributed by atoms with Crippen LogP contribution in [0.4, 0.5) is 0 Å². The highest BCUT2D eigenvalue weighted by atomic mass is 16.7. The number of hydrogen-bond donors (Lipinski definition) is 0. The Morgan fingerprint density at radius 2 is 1.48 bits per heavy atom. The average molecular weight is 294 g/mol. The molecule has 0 spiro atoms. The summed E-state index contributed by atoms with van der Waals surface area (Å²) in [5.41, 5.74) is 1.15. The van der Waals surface area contributed by atoms with Gasteiger partial charge in [0.05, 0.1) is 37.6 Å². The van der Waals surface area contributed by atoms with E-state index < -0.39 is 18.2 Å². The number of ether oxygens (including phenoxy) is 4. The van der Waals surface area contributed by atoms with Gasteiger partial charge >= 0.3 is 11.9 Å². The third kappa shape index (κ3) is 3.80. The third-order valence-electron chi connectivity index (χ3n) is 2.87. The molecule has 0 aromatic heterocycles. The standard InChI is InChI=1S/C15H18O6/c1-3-18-13(16)10-7-11(14(17)19-4-2)9-12(8-10)15-20-5-6-21-15/h7-9,15H,3-6H2,1-2H3. The summed E-state index contributed by atoms with van der Waals surface area (Å²) in [6.07, 6.45) is -0.576. The van der Waals surface area contributed by atoms with Crippen molar-refractivity contribution in [2.45, 2.75) is 20.1 Å². The highest BCUT2D eigenvalue weighted by Gasteiger charge is 2.22. The molecule has 1 heterocycles. The van der Waals surface area contributed by atoms with Gasteiger partial charge in [-0.2, -0.15) is 0 Å². The minimum absolute atomic E-state index is 0.258. The van der Waals surface area contributed by atoms with Crippen LogP contribution in [0.3, 0.4) is 0 Å². The average Bonchev–Trinajstić information content (AvgIpc) is 3.01. The van der Waals surface area contributed by atoms with E-state index in [0.717, 1.165) is 0 Å². The SMILES string of the molecule is CCOC(=O)c1cc(C(=O)OCC)cc(C2OCCO2)c1. The van der Waals surface area contributed by atoms with Gasteiger partial charge < -0.3 is 18.9 Å². The fraction of sp³-hybridized carbons (Fsp3) is 0.467. The first kappa shape index (κ1) is 15.5. The van der Waals surface area contributed by atoms with Gasteiger partial charge in [-0.3, -0.25) is 0 Å². The van der Waals surface area contributed by atoms with Gasteiger partial charge in [0.15, 0.2) is 6.29 Å². The zero-order valence-electron chi connectivity index (χ0n) is 12.1. The highest BCUT2D eigenvalue weighted by Crippen LogP contribution is 2.26. The zero-order valence-corrected chi connectivity index (χ0v) is 12.1. The summed E-state index contributed by atoms with van der Waals surface area (Å²) in [5.74, 6) is -0.995. The first-order chi connectivity index (χ1) is 10.2. The molecule has 0 radical (unpaired) electrons. The lowest BCUT2D eigenvalue weighted by atomic mass is 10.1. The Labute approximate surface area is 122 Å². The molecule has 1 aromatic carbocycles. The molecule has 0 unspecified atom stereocenters. The van der Waals surface area contributed by atoms with Crippen molar-refractivity contribution in [3.05, 3.63) is 34.9 Å². The van der Waals surface area contributed by atoms with Crippen LogP contribution in [-0.4, -0.2) is 38.4 Å². The summed E-state index contributed by atoms with van der Waals surface area (Å²) in [7, 11) is 0. The van der Waals surface area contributed by atoms with Crippen LogP contribution < -0.4 is 0 Å². The van der Waals surface area contributed by atoms with Gasteiger partial charge in [0, 0.05) is 5.56 Å². The van der Waals surface area contributed by atoms with Crippen molar-refractivity contribution < 1.29 is 28.5 Å². The molecule has 6 heteroatoms. The van der Waals surface area contributed by atoms with E-state index in [1.807, 2.05) is 0 Å². The molecule has 0 saturated carbocycles. The lowest BCUT2D eigenvalue weighted by molar-refractivity contribution is -0.0441. The fourth-order valence-corrected chi connectivity index (χ4v) is 2.00. The van der Waals surface area contributed by atoms with E-state index in [9.17, 15) is 9.59 Å². The summed E-state index contributed by atoms with van der Waals surface area (Å²) in [5, 5.41) is 0. The molecule has 1 saturated heterocycles. The summed E-state index contributed by atoms with van der Waals surface area (Å²) in [6.45, 7) is 4.91. The van der Waals surface area contributed by atoms with Gasteiger partial charge in [-0.1, -0.05) is 0 Å². The van der Waals surface area contributed by atoms with Crippen LogP contribution in [-0.2, 0) is 18.9 Å². The summed E-state index contributed by atoms with van der Waals surface area (Å²) < 4.78 is 20.7. The molecule has 1 aliphatic rings. The second-order valence-electron chi connectivity index (χ2n) is 4.36. The molecule has 0 bridgehead atoms. The van der Waals surface area contributed by atoms with Crippen molar-refractivity contribution in [3.8, 4) is 0 Å². The Kier molecular flexibility index (Phi) is 5.30. The Hall–Kier alpha value is -1.92. The van der Waals surface area contributed by atoms with Crippen LogP contribution in [0.25, 0.3) is 0 Å². The van der Waals surface area contributed by atoms with Crippen molar-refractivity contribution in [2.75, 3.05) is 26.4 Å². The first-order valence-electron chi connectivity index (χ1n) is 6.88. The summed E-state index contributed by atoms with van der Waals surface area (Å²) >= 11 is 0. The second kappa shape index (κ2) is 7.19. The van der Waals surface area contributed by atoms with Crippen LogP contribution in [0, 0.1) is 0 Å². The number of benzene rings is 1. The maximum atomic E-state index is 11.9. The van der Waals surface area contributed by atoms with Crippen LogP contribution >= 0.6 is 0 Å². The lowest BCUT2D eigenvalue weighted by Crippen LogP contribution is -2.11. The van der Waals surface area contributed by atoms with Crippen molar-refractivity contribution in [2.24, 2.45) is 0 Å². The van der Waals surface area contributed by atoms with Crippen molar-refractivity contribution >= 4 is 11.9 Å². The zero-order chi connectivity index (χ0) is 15.2. The molecule has 114 valence electrons. The summed E-state index contributed by atoms with van der Waals surface area (Å²) in [6, 6.07) is 4.67. The number of rotatable bonds is 5. The van der Waals surface area contributed by atoms with Gasteiger partial charge in [-0.05, 0) is 32.0 Å². The molecule has 0 aliphatic carbocycles. The fourth-order valence-electron chi connectivity index (χ4n) is 2.00. The van der Waals surface area contributed by atoms with Gasteiger partial charge in [-0.15, -0.1) is 0 Å². The predicted molar refractivity (Wildman–Crippen MR) is 73.0 cm³/mol. The van der Waals surface area contributed by atoms with Crippen LogP contribution in [0.5, 0.6) is 0 Å². The normalized spacial score (nSPS) is 15.0. The first-order valence-corrected chi connectivity index (χ1v) is 6.88. The minimum atomic E-state index is -0.576. The summed E-state index contributed by atoms with van der Waals surface area (Å²) in [4.78, 5) is 23.8. The molecule has 0 N–H and O–H groups in total. The monoisotopic (exact) mass is 294 g/mol. The Morgan fingerprint density at radius 3 is 1.90 bits per heavy atom. The van der Waals surface area contributed by atoms with Crippen LogP contribution in [0.1, 0.15) is 46.4 Å². The van der Waals surface area contributed by atoms with E-state index in [1.165, 1.54) is 6.07 Å². The van der Waals surface area contributed by atoms with Gasteiger partial charge in [-0.25, -0.2) is 9.59 Å². The predicted octanol–water partition coefficient (Wildman–Crippen LogP) is 2.09. The Morgan fingerprint density at radius 1 is 1.00 bits per heavy atom. The molecule has 1 aliphatic heterocycles. The molecular formula is C15H18O6. The number of carbonyl (C=O) groups excluding carboxylic acids is 2. The van der Waals surface area contributed by atoms with E-state index in [4.69, 9.17) is 18.9 Å². The number of hydrogen-bond acceptors (Lipinski definition) is 6.